The van der Waals surface area contributed by atoms with Crippen LogP contribution in [0.1, 0.15) is 5.56 Å². The largest absolute Gasteiger partial charge is 0.497 e. The zero-order valence-electron chi connectivity index (χ0n) is 10.3. The molecule has 0 aliphatic rings. The molecule has 2 rings (SSSR count). The van der Waals surface area contributed by atoms with Crippen molar-refractivity contribution in [1.29, 1.82) is 0 Å². The van der Waals surface area contributed by atoms with Crippen molar-refractivity contribution < 1.29 is 4.74 Å². The molecule has 0 bridgehead atoms. The number of halogens is 1. The lowest BCUT2D eigenvalue weighted by atomic mass is 10.2. The van der Waals surface area contributed by atoms with Crippen molar-refractivity contribution in [3.8, 4) is 5.75 Å². The monoisotopic (exact) mass is 306 g/mol. The van der Waals surface area contributed by atoms with Crippen LogP contribution in [0.2, 0.25) is 0 Å². The van der Waals surface area contributed by atoms with E-state index in [0.29, 0.717) is 5.69 Å². The van der Waals surface area contributed by atoms with E-state index in [0.717, 1.165) is 21.6 Å². The van der Waals surface area contributed by atoms with Crippen molar-refractivity contribution in [3.05, 3.63) is 46.4 Å². The lowest BCUT2D eigenvalue weighted by molar-refractivity contribution is 0.415. The van der Waals surface area contributed by atoms with Crippen molar-refractivity contribution >= 4 is 33.0 Å². The summed E-state index contributed by atoms with van der Waals surface area (Å²) in [6.07, 6.45) is 0. The number of benzene rings is 2. The molecule has 0 unspecified atom stereocenters. The Morgan fingerprint density at radius 2 is 1.94 bits per heavy atom. The van der Waals surface area contributed by atoms with Gasteiger partial charge in [0.25, 0.3) is 0 Å². The number of aryl methyl sites for hydroxylation is 1. The Morgan fingerprint density at radius 3 is 2.56 bits per heavy atom. The highest BCUT2D eigenvalue weighted by Gasteiger charge is 2.03. The minimum absolute atomic E-state index is 0.658. The van der Waals surface area contributed by atoms with Crippen LogP contribution >= 0.6 is 15.9 Å². The summed E-state index contributed by atoms with van der Waals surface area (Å²) in [5.74, 6) is 0.753. The number of nitrogen functional groups attached to an aromatic ring is 1. The number of nitrogens with one attached hydrogen (secondary N) is 1. The third kappa shape index (κ3) is 2.76. The molecule has 0 amide bonds. The number of hydrogen-bond donors (Lipinski definition) is 2. The third-order valence-corrected chi connectivity index (χ3v) is 3.56. The number of nitrogens with two attached hydrogens (primary N) is 1. The summed E-state index contributed by atoms with van der Waals surface area (Å²) in [4.78, 5) is 0. The minimum Gasteiger partial charge on any atom is -0.497 e. The van der Waals surface area contributed by atoms with Gasteiger partial charge in [0.05, 0.1) is 18.5 Å². The molecule has 94 valence electrons. The first kappa shape index (κ1) is 12.8. The van der Waals surface area contributed by atoms with Crippen LogP contribution in [0.15, 0.2) is 40.9 Å². The number of methoxy groups -OCH3 is 1. The van der Waals surface area contributed by atoms with E-state index in [9.17, 15) is 0 Å². The molecular weight excluding hydrogens is 292 g/mol. The first-order chi connectivity index (χ1) is 8.60. The predicted molar refractivity (Wildman–Crippen MR) is 79.6 cm³/mol. The molecule has 0 aliphatic carbocycles. The van der Waals surface area contributed by atoms with E-state index in [4.69, 9.17) is 10.5 Å². The second-order valence-corrected chi connectivity index (χ2v) is 4.90. The molecule has 4 heteroatoms. The third-order valence-electron chi connectivity index (χ3n) is 2.71. The maximum atomic E-state index is 5.96. The Morgan fingerprint density at radius 1 is 1.17 bits per heavy atom. The first-order valence-electron chi connectivity index (χ1n) is 5.57. The molecule has 0 aromatic heterocycles. The second-order valence-electron chi connectivity index (χ2n) is 4.04. The van der Waals surface area contributed by atoms with E-state index in [2.05, 4.69) is 28.2 Å². The van der Waals surface area contributed by atoms with Gasteiger partial charge < -0.3 is 15.8 Å². The summed E-state index contributed by atoms with van der Waals surface area (Å²) >= 11 is 3.51. The summed E-state index contributed by atoms with van der Waals surface area (Å²) < 4.78 is 6.19. The van der Waals surface area contributed by atoms with Crippen LogP contribution in [0.25, 0.3) is 0 Å². The van der Waals surface area contributed by atoms with Crippen molar-refractivity contribution in [2.24, 2.45) is 0 Å². The maximum Gasteiger partial charge on any atom is 0.121 e. The Labute approximate surface area is 115 Å². The van der Waals surface area contributed by atoms with E-state index in [1.807, 2.05) is 30.3 Å². The van der Waals surface area contributed by atoms with E-state index in [-0.39, 0.29) is 0 Å². The molecule has 3 nitrogen and oxygen atoms in total. The molecule has 0 saturated heterocycles. The van der Waals surface area contributed by atoms with Crippen molar-refractivity contribution in [2.75, 3.05) is 18.2 Å². The van der Waals surface area contributed by atoms with Crippen molar-refractivity contribution in [3.63, 3.8) is 0 Å². The molecule has 0 atom stereocenters. The van der Waals surface area contributed by atoms with Crippen LogP contribution in [-0.2, 0) is 0 Å². The van der Waals surface area contributed by atoms with Crippen LogP contribution < -0.4 is 15.8 Å². The molecule has 0 radical (unpaired) electrons. The first-order valence-corrected chi connectivity index (χ1v) is 6.36. The lowest BCUT2D eigenvalue weighted by Gasteiger charge is -2.11. The van der Waals surface area contributed by atoms with Gasteiger partial charge in [-0.15, -0.1) is 0 Å². The van der Waals surface area contributed by atoms with Gasteiger partial charge in [-0.3, -0.25) is 0 Å². The van der Waals surface area contributed by atoms with E-state index >= 15 is 0 Å². The smallest absolute Gasteiger partial charge is 0.121 e. The number of hydrogen-bond acceptors (Lipinski definition) is 3. The summed E-state index contributed by atoms with van der Waals surface area (Å²) in [6, 6.07) is 11.7. The Bertz CT molecular complexity index is 570. The van der Waals surface area contributed by atoms with Crippen LogP contribution in [0.3, 0.4) is 0 Å². The zero-order chi connectivity index (χ0) is 13.1. The van der Waals surface area contributed by atoms with Gasteiger partial charge in [0.15, 0.2) is 0 Å². The number of rotatable bonds is 3. The molecule has 0 saturated carbocycles. The molecule has 2 aromatic rings. The van der Waals surface area contributed by atoms with E-state index < -0.39 is 0 Å². The maximum absolute atomic E-state index is 5.96. The summed E-state index contributed by atoms with van der Waals surface area (Å²) in [7, 11) is 1.62. The van der Waals surface area contributed by atoms with Gasteiger partial charge in [-0.1, -0.05) is 22.0 Å². The zero-order valence-corrected chi connectivity index (χ0v) is 11.9. The van der Waals surface area contributed by atoms with Gasteiger partial charge in [-0.25, -0.2) is 0 Å². The molecule has 0 fully saturated rings. The highest BCUT2D eigenvalue weighted by molar-refractivity contribution is 9.10. The highest BCUT2D eigenvalue weighted by atomic mass is 79.9. The van der Waals surface area contributed by atoms with Gasteiger partial charge in [-0.05, 0) is 36.8 Å². The van der Waals surface area contributed by atoms with Crippen LogP contribution in [-0.4, -0.2) is 7.11 Å². The molecule has 0 spiro atoms. The standard InChI is InChI=1S/C14H15BrN2O/c1-9-3-4-10(7-12(9)15)17-14-6-5-11(18-2)8-13(14)16/h3-8,17H,16H2,1-2H3. The van der Waals surface area contributed by atoms with Crippen molar-refractivity contribution in [1.82, 2.24) is 0 Å². The average molecular weight is 307 g/mol. The number of anilines is 3. The normalized spacial score (nSPS) is 10.2. The van der Waals surface area contributed by atoms with Crippen molar-refractivity contribution in [2.45, 2.75) is 6.92 Å². The fourth-order valence-corrected chi connectivity index (χ4v) is 1.99. The summed E-state index contributed by atoms with van der Waals surface area (Å²) in [6.45, 7) is 2.05. The molecule has 2 aromatic carbocycles. The topological polar surface area (TPSA) is 47.3 Å². The van der Waals surface area contributed by atoms with Gasteiger partial charge in [0.2, 0.25) is 0 Å². The molecule has 0 heterocycles. The fourth-order valence-electron chi connectivity index (χ4n) is 1.61. The second kappa shape index (κ2) is 5.31. The van der Waals surface area contributed by atoms with Gasteiger partial charge in [0.1, 0.15) is 5.75 Å². The average Bonchev–Trinajstić information content (AvgIpc) is 2.36. The summed E-state index contributed by atoms with van der Waals surface area (Å²) in [5, 5.41) is 3.28. The van der Waals surface area contributed by atoms with Crippen LogP contribution in [0, 0.1) is 6.92 Å². The summed E-state index contributed by atoms with van der Waals surface area (Å²) in [5.41, 5.74) is 9.67. The minimum atomic E-state index is 0.658. The fraction of sp³-hybridized carbons (Fsp3) is 0.143. The number of ether oxygens (including phenoxy) is 1. The molecular formula is C14H15BrN2O. The molecule has 3 N–H and O–H groups in total. The van der Waals surface area contributed by atoms with Crippen LogP contribution in [0.5, 0.6) is 5.75 Å². The highest BCUT2D eigenvalue weighted by Crippen LogP contribution is 2.29. The van der Waals surface area contributed by atoms with Gasteiger partial charge in [0, 0.05) is 16.2 Å². The van der Waals surface area contributed by atoms with Crippen LogP contribution in [0.4, 0.5) is 17.1 Å². The Kier molecular flexibility index (Phi) is 3.77. The predicted octanol–water partition coefficient (Wildman–Crippen LogP) is 4.09. The Hall–Kier alpha value is -1.68. The van der Waals surface area contributed by atoms with E-state index in [1.54, 1.807) is 13.2 Å². The SMILES string of the molecule is COc1ccc(Nc2ccc(C)c(Br)c2)c(N)c1. The quantitative estimate of drug-likeness (QED) is 0.840. The van der Waals surface area contributed by atoms with E-state index in [1.165, 1.54) is 5.56 Å². The van der Waals surface area contributed by atoms with Gasteiger partial charge in [-0.2, -0.15) is 0 Å². The molecule has 0 aliphatic heterocycles. The Balaban J connectivity index is 2.25. The lowest BCUT2D eigenvalue weighted by Crippen LogP contribution is -1.97. The van der Waals surface area contributed by atoms with Gasteiger partial charge >= 0.3 is 0 Å². The molecule has 18 heavy (non-hydrogen) atoms.